The molecule has 1 unspecified atom stereocenters. The number of likely N-dealkylation sites (N-methyl/N-ethyl adjacent to an activating group) is 1. The summed E-state index contributed by atoms with van der Waals surface area (Å²) in [4.78, 5) is 33.6. The molecular formula is C7H9NO4. The fourth-order valence-electron chi connectivity index (χ4n) is 1.15. The van der Waals surface area contributed by atoms with Crippen molar-refractivity contribution in [1.29, 1.82) is 0 Å². The van der Waals surface area contributed by atoms with Crippen LogP contribution in [0.5, 0.6) is 0 Å². The molecule has 0 aliphatic carbocycles. The topological polar surface area (TPSA) is 74.7 Å². The maximum absolute atomic E-state index is 11.0. The lowest BCUT2D eigenvalue weighted by Crippen LogP contribution is -2.26. The summed E-state index contributed by atoms with van der Waals surface area (Å²) >= 11 is 0. The van der Waals surface area contributed by atoms with E-state index in [0.29, 0.717) is 6.54 Å². The molecule has 5 heteroatoms. The van der Waals surface area contributed by atoms with Crippen LogP contribution in [0.1, 0.15) is 6.92 Å². The number of hydrogen-bond acceptors (Lipinski definition) is 3. The maximum Gasteiger partial charge on any atom is 0.316 e. The fourth-order valence-corrected chi connectivity index (χ4v) is 1.15. The number of carboxylic acids is 1. The summed E-state index contributed by atoms with van der Waals surface area (Å²) in [5, 5.41) is 8.52. The van der Waals surface area contributed by atoms with Gasteiger partial charge in [-0.3, -0.25) is 14.4 Å². The number of aliphatic carboxylic acids is 1. The van der Waals surface area contributed by atoms with Crippen LogP contribution in [-0.2, 0) is 14.4 Å². The number of hydrogen-bond donors (Lipinski definition) is 1. The molecule has 1 amide bonds. The summed E-state index contributed by atoms with van der Waals surface area (Å²) in [7, 11) is 0. The van der Waals surface area contributed by atoms with Gasteiger partial charge in [-0.25, -0.2) is 0 Å². The zero-order chi connectivity index (χ0) is 9.30. The maximum atomic E-state index is 11.0. The van der Waals surface area contributed by atoms with E-state index in [9.17, 15) is 14.4 Å². The molecule has 0 spiro atoms. The Morgan fingerprint density at radius 3 is 2.50 bits per heavy atom. The Morgan fingerprint density at radius 1 is 1.67 bits per heavy atom. The van der Waals surface area contributed by atoms with Gasteiger partial charge in [-0.15, -0.1) is 0 Å². The molecule has 1 atom stereocenters. The predicted octanol–water partition coefficient (Wildman–Crippen LogP) is -0.882. The number of Topliss-reactive ketones (excluding diaryl/α,β-unsaturated/α-hetero) is 1. The minimum Gasteiger partial charge on any atom is -0.481 e. The van der Waals surface area contributed by atoms with Crippen LogP contribution in [0.15, 0.2) is 0 Å². The van der Waals surface area contributed by atoms with Gasteiger partial charge in [0.25, 0.3) is 5.91 Å². The predicted molar refractivity (Wildman–Crippen MR) is 38.4 cm³/mol. The number of nitrogens with zero attached hydrogens (tertiary/aromatic N) is 1. The van der Waals surface area contributed by atoms with Crippen molar-refractivity contribution in [3.63, 3.8) is 0 Å². The Kier molecular flexibility index (Phi) is 2.12. The zero-order valence-corrected chi connectivity index (χ0v) is 6.61. The van der Waals surface area contributed by atoms with Gasteiger partial charge in [-0.05, 0) is 6.92 Å². The van der Waals surface area contributed by atoms with Gasteiger partial charge in [-0.1, -0.05) is 0 Å². The SMILES string of the molecule is CCN1CC(C(=O)O)C(=O)C1=O. The molecule has 1 aliphatic heterocycles. The number of carboxylic acid groups (broad SMARTS) is 1. The first kappa shape index (κ1) is 8.70. The molecule has 5 nitrogen and oxygen atoms in total. The standard InChI is InChI=1S/C7H9NO4/c1-2-8-3-4(7(11)12)5(9)6(8)10/h4H,2-3H2,1H3,(H,11,12). The highest BCUT2D eigenvalue weighted by molar-refractivity contribution is 6.42. The van der Waals surface area contributed by atoms with Crippen molar-refractivity contribution in [3.8, 4) is 0 Å². The van der Waals surface area contributed by atoms with E-state index in [1.807, 2.05) is 0 Å². The van der Waals surface area contributed by atoms with Crippen LogP contribution in [0.25, 0.3) is 0 Å². The molecule has 0 bridgehead atoms. The van der Waals surface area contributed by atoms with Crippen LogP contribution in [0.2, 0.25) is 0 Å². The van der Waals surface area contributed by atoms with Crippen LogP contribution < -0.4 is 0 Å². The molecule has 1 aliphatic rings. The summed E-state index contributed by atoms with van der Waals surface area (Å²) in [5.41, 5.74) is 0. The van der Waals surface area contributed by atoms with Crippen molar-refractivity contribution in [3.05, 3.63) is 0 Å². The Bertz CT molecular complexity index is 248. The molecule has 12 heavy (non-hydrogen) atoms. The van der Waals surface area contributed by atoms with Crippen LogP contribution in [0, 0.1) is 5.92 Å². The Hall–Kier alpha value is -1.39. The highest BCUT2D eigenvalue weighted by Crippen LogP contribution is 2.13. The lowest BCUT2D eigenvalue weighted by atomic mass is 10.1. The largest absolute Gasteiger partial charge is 0.481 e. The van der Waals surface area contributed by atoms with E-state index in [1.54, 1.807) is 6.92 Å². The molecule has 1 rings (SSSR count). The van der Waals surface area contributed by atoms with Crippen LogP contribution in [0.3, 0.4) is 0 Å². The van der Waals surface area contributed by atoms with Gasteiger partial charge in [0, 0.05) is 13.1 Å². The second-order valence-electron chi connectivity index (χ2n) is 2.60. The lowest BCUT2D eigenvalue weighted by molar-refractivity contribution is -0.147. The first-order valence-corrected chi connectivity index (χ1v) is 3.63. The second kappa shape index (κ2) is 2.92. The van der Waals surface area contributed by atoms with Gasteiger partial charge in [0.1, 0.15) is 5.92 Å². The van der Waals surface area contributed by atoms with E-state index in [4.69, 9.17) is 5.11 Å². The molecule has 0 radical (unpaired) electrons. The van der Waals surface area contributed by atoms with Gasteiger partial charge >= 0.3 is 5.97 Å². The lowest BCUT2D eigenvalue weighted by Gasteiger charge is -2.09. The van der Waals surface area contributed by atoms with E-state index in [-0.39, 0.29) is 6.54 Å². The number of carbonyl (C=O) groups is 3. The van der Waals surface area contributed by atoms with Gasteiger partial charge in [0.15, 0.2) is 0 Å². The number of ketones is 1. The summed E-state index contributed by atoms with van der Waals surface area (Å²) in [6.07, 6.45) is 0. The Balaban J connectivity index is 2.81. The average Bonchev–Trinajstić information content (AvgIpc) is 2.30. The normalized spacial score (nSPS) is 23.4. The first-order chi connectivity index (χ1) is 5.57. The summed E-state index contributed by atoms with van der Waals surface area (Å²) in [6.45, 7) is 2.10. The second-order valence-corrected chi connectivity index (χ2v) is 2.60. The van der Waals surface area contributed by atoms with Gasteiger partial charge < -0.3 is 10.0 Å². The molecule has 1 N–H and O–H groups in total. The van der Waals surface area contributed by atoms with Crippen molar-refractivity contribution < 1.29 is 19.5 Å². The Morgan fingerprint density at radius 2 is 2.25 bits per heavy atom. The minimum atomic E-state index is -1.22. The van der Waals surface area contributed by atoms with E-state index >= 15 is 0 Å². The molecule has 0 aromatic heterocycles. The molecule has 66 valence electrons. The smallest absolute Gasteiger partial charge is 0.316 e. The van der Waals surface area contributed by atoms with E-state index in [0.717, 1.165) is 0 Å². The van der Waals surface area contributed by atoms with Crippen molar-refractivity contribution in [2.24, 2.45) is 5.92 Å². The molecule has 0 saturated carbocycles. The molecule has 1 saturated heterocycles. The van der Waals surface area contributed by atoms with E-state index in [2.05, 4.69) is 0 Å². The Labute approximate surface area is 69.0 Å². The molecule has 1 heterocycles. The number of rotatable bonds is 2. The van der Waals surface area contributed by atoms with Crippen LogP contribution in [0.4, 0.5) is 0 Å². The number of amides is 1. The summed E-state index contributed by atoms with van der Waals surface area (Å²) in [6, 6.07) is 0. The van der Waals surface area contributed by atoms with E-state index in [1.165, 1.54) is 4.90 Å². The summed E-state index contributed by atoms with van der Waals surface area (Å²) in [5.74, 6) is -3.85. The minimum absolute atomic E-state index is 0.0174. The van der Waals surface area contributed by atoms with Gasteiger partial charge in [0.05, 0.1) is 0 Å². The molecule has 1 fully saturated rings. The average molecular weight is 171 g/mol. The monoisotopic (exact) mass is 171 g/mol. The van der Waals surface area contributed by atoms with Crippen molar-refractivity contribution >= 4 is 17.7 Å². The highest BCUT2D eigenvalue weighted by atomic mass is 16.4. The van der Waals surface area contributed by atoms with Crippen molar-refractivity contribution in [1.82, 2.24) is 4.90 Å². The molecule has 0 aromatic rings. The molecule has 0 aromatic carbocycles. The fraction of sp³-hybridized carbons (Fsp3) is 0.571. The zero-order valence-electron chi connectivity index (χ0n) is 6.61. The van der Waals surface area contributed by atoms with Crippen LogP contribution in [-0.4, -0.2) is 40.8 Å². The van der Waals surface area contributed by atoms with Gasteiger partial charge in [-0.2, -0.15) is 0 Å². The summed E-state index contributed by atoms with van der Waals surface area (Å²) < 4.78 is 0. The van der Waals surface area contributed by atoms with Gasteiger partial charge in [0.2, 0.25) is 5.78 Å². The van der Waals surface area contributed by atoms with Crippen LogP contribution >= 0.6 is 0 Å². The third-order valence-corrected chi connectivity index (χ3v) is 1.90. The van der Waals surface area contributed by atoms with E-state index < -0.39 is 23.6 Å². The van der Waals surface area contributed by atoms with Crippen molar-refractivity contribution in [2.75, 3.05) is 13.1 Å². The van der Waals surface area contributed by atoms with Crippen molar-refractivity contribution in [2.45, 2.75) is 6.92 Å². The third kappa shape index (κ3) is 1.17. The quantitative estimate of drug-likeness (QED) is 0.432. The number of carbonyl (C=O) groups excluding carboxylic acids is 2. The first-order valence-electron chi connectivity index (χ1n) is 3.63. The number of likely N-dealkylation sites (tertiary alicyclic amines) is 1. The third-order valence-electron chi connectivity index (χ3n) is 1.90. The highest BCUT2D eigenvalue weighted by Gasteiger charge is 2.42. The molecular weight excluding hydrogens is 162 g/mol.